The molecule has 28 heavy (non-hydrogen) atoms. The van der Waals surface area contributed by atoms with E-state index in [2.05, 4.69) is 15.1 Å². The van der Waals surface area contributed by atoms with E-state index in [1.54, 1.807) is 0 Å². The maximum absolute atomic E-state index is 12.9. The molecular formula is C19H17F3N4O2. The van der Waals surface area contributed by atoms with Gasteiger partial charge in [-0.15, -0.1) is 0 Å². The van der Waals surface area contributed by atoms with Gasteiger partial charge in [0.25, 0.3) is 0 Å². The minimum absolute atomic E-state index is 0.144. The van der Waals surface area contributed by atoms with Crippen LogP contribution in [0.25, 0.3) is 22.4 Å². The minimum atomic E-state index is -4.53. The van der Waals surface area contributed by atoms with E-state index in [1.807, 2.05) is 10.9 Å². The standard InChI is InChI=1S/C19H17F3N4O2/c1-9-2-11(19(20,21)22)5-16(27)17(9)13-6-23-14-7-26(25-18(14)24-13)15-8-28-12-3-10(15)4-12/h2,5-7,10,12,15,27H,3-4,8H2,1H3/t10?,12?,15-/m0/s1. The summed E-state index contributed by atoms with van der Waals surface area (Å²) in [6.45, 7) is 2.11. The number of alkyl halides is 3. The second-order valence-corrected chi connectivity index (χ2v) is 7.51. The molecule has 2 saturated heterocycles. The lowest BCUT2D eigenvalue weighted by molar-refractivity contribution is -0.137. The normalized spacial score (nSPS) is 24.4. The molecule has 146 valence electrons. The van der Waals surface area contributed by atoms with Gasteiger partial charge in [0.2, 0.25) is 0 Å². The van der Waals surface area contributed by atoms with Crippen LogP contribution >= 0.6 is 0 Å². The fourth-order valence-corrected chi connectivity index (χ4v) is 4.09. The van der Waals surface area contributed by atoms with Crippen LogP contribution in [-0.2, 0) is 10.9 Å². The third-order valence-corrected chi connectivity index (χ3v) is 5.66. The van der Waals surface area contributed by atoms with Crippen LogP contribution in [0.5, 0.6) is 5.75 Å². The second-order valence-electron chi connectivity index (χ2n) is 7.51. The van der Waals surface area contributed by atoms with Crippen molar-refractivity contribution >= 4 is 11.2 Å². The zero-order valence-electron chi connectivity index (χ0n) is 14.9. The number of hydrogen-bond donors (Lipinski definition) is 1. The molecule has 1 saturated carbocycles. The van der Waals surface area contributed by atoms with Gasteiger partial charge in [-0.25, -0.2) is 9.97 Å². The molecule has 3 aliphatic rings. The lowest BCUT2D eigenvalue weighted by atomic mass is 9.75. The fourth-order valence-electron chi connectivity index (χ4n) is 4.09. The number of hydrogen-bond acceptors (Lipinski definition) is 5. The van der Waals surface area contributed by atoms with Crippen molar-refractivity contribution in [2.75, 3.05) is 6.61 Å². The van der Waals surface area contributed by atoms with Gasteiger partial charge in [0, 0.05) is 5.56 Å². The van der Waals surface area contributed by atoms with Crippen LogP contribution < -0.4 is 0 Å². The van der Waals surface area contributed by atoms with Crippen molar-refractivity contribution in [3.63, 3.8) is 0 Å². The molecule has 1 aromatic carbocycles. The first-order chi connectivity index (χ1) is 13.3. The second kappa shape index (κ2) is 5.91. The number of benzene rings is 1. The molecule has 0 amide bonds. The van der Waals surface area contributed by atoms with Gasteiger partial charge in [0.1, 0.15) is 11.3 Å². The zero-order valence-corrected chi connectivity index (χ0v) is 14.9. The minimum Gasteiger partial charge on any atom is -0.507 e. The Morgan fingerprint density at radius 2 is 2.04 bits per heavy atom. The molecule has 0 unspecified atom stereocenters. The molecule has 1 aliphatic carbocycles. The summed E-state index contributed by atoms with van der Waals surface area (Å²) in [6.07, 6.45) is 1.17. The summed E-state index contributed by atoms with van der Waals surface area (Å²) in [5.74, 6) is 0.0512. The summed E-state index contributed by atoms with van der Waals surface area (Å²) >= 11 is 0. The molecular weight excluding hydrogens is 373 g/mol. The molecule has 0 radical (unpaired) electrons. The first kappa shape index (κ1) is 17.4. The number of fused-ring (bicyclic) bond motifs is 3. The molecule has 6 rings (SSSR count). The van der Waals surface area contributed by atoms with Gasteiger partial charge in [-0.3, -0.25) is 4.68 Å². The van der Waals surface area contributed by atoms with Crippen molar-refractivity contribution in [1.82, 2.24) is 19.7 Å². The lowest BCUT2D eigenvalue weighted by Gasteiger charge is -2.46. The van der Waals surface area contributed by atoms with E-state index in [9.17, 15) is 18.3 Å². The van der Waals surface area contributed by atoms with Gasteiger partial charge >= 0.3 is 6.18 Å². The van der Waals surface area contributed by atoms with Gasteiger partial charge in [0.05, 0.1) is 42.4 Å². The summed E-state index contributed by atoms with van der Waals surface area (Å²) in [5.41, 5.74) is 0.846. The number of ether oxygens (including phenoxy) is 1. The van der Waals surface area contributed by atoms with Gasteiger partial charge in [0.15, 0.2) is 5.65 Å². The smallest absolute Gasteiger partial charge is 0.416 e. The van der Waals surface area contributed by atoms with E-state index in [-0.39, 0.29) is 22.9 Å². The lowest BCUT2D eigenvalue weighted by Crippen LogP contribution is -2.45. The van der Waals surface area contributed by atoms with E-state index < -0.39 is 17.5 Å². The predicted octanol–water partition coefficient (Wildman–Crippen LogP) is 3.88. The number of halogens is 3. The average molecular weight is 390 g/mol. The highest BCUT2D eigenvalue weighted by atomic mass is 19.4. The van der Waals surface area contributed by atoms with Crippen LogP contribution in [0.1, 0.15) is 30.0 Å². The Morgan fingerprint density at radius 3 is 2.68 bits per heavy atom. The summed E-state index contributed by atoms with van der Waals surface area (Å²) < 4.78 is 46.4. The molecule has 2 aliphatic heterocycles. The van der Waals surface area contributed by atoms with Crippen LogP contribution in [-0.4, -0.2) is 37.6 Å². The van der Waals surface area contributed by atoms with E-state index in [0.29, 0.717) is 35.9 Å². The molecule has 6 nitrogen and oxygen atoms in total. The van der Waals surface area contributed by atoms with Crippen molar-refractivity contribution in [2.24, 2.45) is 5.92 Å². The van der Waals surface area contributed by atoms with Crippen LogP contribution in [0.2, 0.25) is 0 Å². The average Bonchev–Trinajstić information content (AvgIpc) is 3.03. The van der Waals surface area contributed by atoms with Crippen molar-refractivity contribution < 1.29 is 23.0 Å². The number of rotatable bonds is 2. The Labute approximate surface area is 158 Å². The zero-order chi connectivity index (χ0) is 19.6. The van der Waals surface area contributed by atoms with Crippen LogP contribution in [0.3, 0.4) is 0 Å². The van der Waals surface area contributed by atoms with E-state index in [1.165, 1.54) is 13.1 Å². The van der Waals surface area contributed by atoms with Crippen LogP contribution in [0.4, 0.5) is 13.2 Å². The summed E-state index contributed by atoms with van der Waals surface area (Å²) in [5, 5.41) is 14.7. The van der Waals surface area contributed by atoms with Crippen molar-refractivity contribution in [1.29, 1.82) is 0 Å². The Kier molecular flexibility index (Phi) is 3.67. The summed E-state index contributed by atoms with van der Waals surface area (Å²) in [4.78, 5) is 8.78. The highest BCUT2D eigenvalue weighted by Gasteiger charge is 2.42. The predicted molar refractivity (Wildman–Crippen MR) is 93.7 cm³/mol. The number of nitrogens with zero attached hydrogens (tertiary/aromatic N) is 4. The molecule has 2 bridgehead atoms. The molecule has 1 N–H and O–H groups in total. The molecule has 3 aromatic rings. The topological polar surface area (TPSA) is 73.1 Å². The number of aromatic hydroxyl groups is 1. The SMILES string of the molecule is Cc1cc(C(F)(F)F)cc(O)c1-c1cnc2cn([C@H]3COC4CC3C4)nc2n1. The molecule has 4 heterocycles. The Hall–Kier alpha value is -2.68. The third-order valence-electron chi connectivity index (χ3n) is 5.66. The monoisotopic (exact) mass is 390 g/mol. The molecule has 3 fully saturated rings. The quantitative estimate of drug-likeness (QED) is 0.719. The highest BCUT2D eigenvalue weighted by Crippen LogP contribution is 2.44. The number of phenolic OH excluding ortho intramolecular Hbond substituents is 1. The maximum Gasteiger partial charge on any atom is 0.416 e. The number of phenols is 1. The molecule has 1 atom stereocenters. The first-order valence-corrected chi connectivity index (χ1v) is 9.04. The van der Waals surface area contributed by atoms with E-state index in [0.717, 1.165) is 18.9 Å². The number of aromatic nitrogens is 4. The van der Waals surface area contributed by atoms with E-state index >= 15 is 0 Å². The van der Waals surface area contributed by atoms with Crippen molar-refractivity contribution in [3.05, 3.63) is 35.7 Å². The molecule has 2 aromatic heterocycles. The fraction of sp³-hybridized carbons (Fsp3) is 0.421. The summed E-state index contributed by atoms with van der Waals surface area (Å²) in [6, 6.07) is 1.84. The first-order valence-electron chi connectivity index (χ1n) is 9.04. The van der Waals surface area contributed by atoms with Crippen LogP contribution in [0.15, 0.2) is 24.5 Å². The van der Waals surface area contributed by atoms with Crippen molar-refractivity contribution in [2.45, 2.75) is 38.1 Å². The molecule has 9 heteroatoms. The van der Waals surface area contributed by atoms with Gasteiger partial charge in [-0.05, 0) is 43.4 Å². The van der Waals surface area contributed by atoms with Crippen LogP contribution in [0, 0.1) is 12.8 Å². The third kappa shape index (κ3) is 2.72. The Balaban J connectivity index is 1.53. The Bertz CT molecular complexity index is 1050. The largest absolute Gasteiger partial charge is 0.507 e. The summed E-state index contributed by atoms with van der Waals surface area (Å²) in [7, 11) is 0. The van der Waals surface area contributed by atoms with Gasteiger partial charge in [-0.1, -0.05) is 0 Å². The molecule has 0 spiro atoms. The highest BCUT2D eigenvalue weighted by molar-refractivity contribution is 5.77. The van der Waals surface area contributed by atoms with Crippen molar-refractivity contribution in [3.8, 4) is 17.0 Å². The van der Waals surface area contributed by atoms with Gasteiger partial charge in [-0.2, -0.15) is 18.3 Å². The number of aryl methyl sites for hydroxylation is 1. The maximum atomic E-state index is 12.9. The van der Waals surface area contributed by atoms with E-state index in [4.69, 9.17) is 4.74 Å². The van der Waals surface area contributed by atoms with Gasteiger partial charge < -0.3 is 9.84 Å². The Morgan fingerprint density at radius 1 is 1.25 bits per heavy atom.